The van der Waals surface area contributed by atoms with Crippen molar-refractivity contribution in [2.45, 2.75) is 19.9 Å². The normalized spacial score (nSPS) is 10.9. The van der Waals surface area contributed by atoms with Crippen LogP contribution in [-0.2, 0) is 17.8 Å². The molecule has 1 N–H and O–H groups in total. The van der Waals surface area contributed by atoms with Crippen LogP contribution in [0.5, 0.6) is 0 Å². The zero-order valence-corrected chi connectivity index (χ0v) is 17.2. The average Bonchev–Trinajstić information content (AvgIpc) is 3.02. The molecule has 0 saturated carbocycles. The number of carbonyl (C=O) groups is 1. The molecular formula is C18H14Cl4N4O. The number of anilines is 1. The smallest absolute Gasteiger partial charge is 0.230 e. The molecule has 2 heterocycles. The maximum Gasteiger partial charge on any atom is 0.230 e. The van der Waals surface area contributed by atoms with Crippen LogP contribution >= 0.6 is 46.4 Å². The maximum absolute atomic E-state index is 12.5. The molecule has 0 unspecified atom stereocenters. The fourth-order valence-corrected chi connectivity index (χ4v) is 3.57. The van der Waals surface area contributed by atoms with E-state index in [4.69, 9.17) is 46.4 Å². The highest BCUT2D eigenvalue weighted by Crippen LogP contribution is 2.27. The summed E-state index contributed by atoms with van der Waals surface area (Å²) in [6.07, 6.45) is 1.58. The molecule has 0 saturated heterocycles. The third-order valence-corrected chi connectivity index (χ3v) is 5.33. The Balaban J connectivity index is 1.75. The van der Waals surface area contributed by atoms with Crippen molar-refractivity contribution in [3.05, 3.63) is 73.6 Å². The minimum Gasteiger partial charge on any atom is -0.311 e. The lowest BCUT2D eigenvalue weighted by atomic mass is 10.2. The SMILES string of the molecule is Cc1cc(Cl)c(CC(=O)Nc2ccnn2Cc2cccc(Cl)c2Cl)c(Cl)n1. The predicted octanol–water partition coefficient (Wildman–Crippen LogP) is 5.43. The van der Waals surface area contributed by atoms with Gasteiger partial charge < -0.3 is 5.32 Å². The molecule has 0 bridgehead atoms. The molecule has 3 rings (SSSR count). The highest BCUT2D eigenvalue weighted by atomic mass is 35.5. The molecule has 1 aromatic carbocycles. The fourth-order valence-electron chi connectivity index (χ4n) is 2.53. The second kappa shape index (κ2) is 8.48. The van der Waals surface area contributed by atoms with Gasteiger partial charge in [0.05, 0.1) is 29.2 Å². The van der Waals surface area contributed by atoms with Crippen molar-refractivity contribution in [3.8, 4) is 0 Å². The summed E-state index contributed by atoms with van der Waals surface area (Å²) in [6, 6.07) is 8.72. The second-order valence-electron chi connectivity index (χ2n) is 5.83. The number of amides is 1. The Morgan fingerprint density at radius 3 is 2.67 bits per heavy atom. The molecule has 0 fully saturated rings. The van der Waals surface area contributed by atoms with Crippen LogP contribution in [0.15, 0.2) is 36.5 Å². The summed E-state index contributed by atoms with van der Waals surface area (Å²) in [5, 5.41) is 8.57. The molecule has 0 atom stereocenters. The largest absolute Gasteiger partial charge is 0.311 e. The lowest BCUT2D eigenvalue weighted by Gasteiger charge is -2.12. The predicted molar refractivity (Wildman–Crippen MR) is 109 cm³/mol. The van der Waals surface area contributed by atoms with E-state index in [1.54, 1.807) is 42.1 Å². The molecule has 0 aliphatic carbocycles. The zero-order valence-electron chi connectivity index (χ0n) is 14.1. The van der Waals surface area contributed by atoms with Crippen LogP contribution in [0.3, 0.4) is 0 Å². The van der Waals surface area contributed by atoms with Gasteiger partial charge >= 0.3 is 0 Å². The van der Waals surface area contributed by atoms with Crippen molar-refractivity contribution in [1.82, 2.24) is 14.8 Å². The first-order chi connectivity index (χ1) is 12.8. The van der Waals surface area contributed by atoms with E-state index < -0.39 is 0 Å². The second-order valence-corrected chi connectivity index (χ2v) is 7.38. The van der Waals surface area contributed by atoms with E-state index in [9.17, 15) is 4.79 Å². The number of nitrogens with zero attached hydrogens (tertiary/aromatic N) is 3. The molecule has 9 heteroatoms. The number of pyridine rings is 1. The Morgan fingerprint density at radius 2 is 1.93 bits per heavy atom. The number of aromatic nitrogens is 3. The van der Waals surface area contributed by atoms with Gasteiger partial charge in [0.1, 0.15) is 11.0 Å². The molecule has 3 aromatic rings. The van der Waals surface area contributed by atoms with Crippen LogP contribution in [-0.4, -0.2) is 20.7 Å². The first kappa shape index (κ1) is 20.0. The number of nitrogens with one attached hydrogen (secondary N) is 1. The fraction of sp³-hybridized carbons (Fsp3) is 0.167. The number of hydrogen-bond donors (Lipinski definition) is 1. The third kappa shape index (κ3) is 4.74. The van der Waals surface area contributed by atoms with Gasteiger partial charge in [0.2, 0.25) is 5.91 Å². The molecule has 27 heavy (non-hydrogen) atoms. The van der Waals surface area contributed by atoms with Gasteiger partial charge in [-0.3, -0.25) is 4.79 Å². The van der Waals surface area contributed by atoms with E-state index in [2.05, 4.69) is 15.4 Å². The summed E-state index contributed by atoms with van der Waals surface area (Å²) in [4.78, 5) is 16.6. The first-order valence-electron chi connectivity index (χ1n) is 7.91. The van der Waals surface area contributed by atoms with E-state index in [0.717, 1.165) is 5.56 Å². The molecule has 0 aliphatic heterocycles. The Bertz CT molecular complexity index is 980. The Morgan fingerprint density at radius 1 is 1.15 bits per heavy atom. The minimum absolute atomic E-state index is 0.00590. The van der Waals surface area contributed by atoms with Crippen molar-refractivity contribution >= 4 is 58.1 Å². The van der Waals surface area contributed by atoms with Crippen LogP contribution in [0.4, 0.5) is 5.82 Å². The van der Waals surface area contributed by atoms with Crippen LogP contribution in [0.2, 0.25) is 20.2 Å². The topological polar surface area (TPSA) is 59.8 Å². The van der Waals surface area contributed by atoms with E-state index in [0.29, 0.717) is 38.7 Å². The molecule has 0 spiro atoms. The van der Waals surface area contributed by atoms with Gasteiger partial charge in [-0.25, -0.2) is 9.67 Å². The van der Waals surface area contributed by atoms with E-state index in [1.165, 1.54) is 0 Å². The molecule has 5 nitrogen and oxygen atoms in total. The van der Waals surface area contributed by atoms with Gasteiger partial charge in [-0.05, 0) is 24.6 Å². The van der Waals surface area contributed by atoms with Crippen LogP contribution in [0, 0.1) is 6.92 Å². The van der Waals surface area contributed by atoms with Crippen molar-refractivity contribution in [2.75, 3.05) is 5.32 Å². The lowest BCUT2D eigenvalue weighted by Crippen LogP contribution is -2.18. The summed E-state index contributed by atoms with van der Waals surface area (Å²) in [7, 11) is 0. The molecule has 140 valence electrons. The first-order valence-corrected chi connectivity index (χ1v) is 9.42. The van der Waals surface area contributed by atoms with Crippen molar-refractivity contribution in [2.24, 2.45) is 0 Å². The number of halogens is 4. The number of rotatable bonds is 5. The summed E-state index contributed by atoms with van der Waals surface area (Å²) >= 11 is 24.6. The monoisotopic (exact) mass is 442 g/mol. The number of benzene rings is 1. The molecule has 0 radical (unpaired) electrons. The van der Waals surface area contributed by atoms with Crippen molar-refractivity contribution in [1.29, 1.82) is 0 Å². The standard InChI is InChI=1S/C18H14Cl4N4O/c1-10-7-14(20)12(18(22)24-10)8-16(27)25-15-5-6-23-26(15)9-11-3-2-4-13(19)17(11)21/h2-7H,8-9H2,1H3,(H,25,27). The molecular weight excluding hydrogens is 430 g/mol. The number of aryl methyl sites for hydroxylation is 1. The van der Waals surface area contributed by atoms with Gasteiger partial charge in [-0.2, -0.15) is 5.10 Å². The average molecular weight is 444 g/mol. The minimum atomic E-state index is -0.289. The van der Waals surface area contributed by atoms with Gasteiger partial charge in [0, 0.05) is 22.3 Å². The summed E-state index contributed by atoms with van der Waals surface area (Å²) in [5.74, 6) is 0.228. The van der Waals surface area contributed by atoms with Crippen LogP contribution in [0.25, 0.3) is 0 Å². The zero-order chi connectivity index (χ0) is 19.6. The van der Waals surface area contributed by atoms with Gasteiger partial charge in [-0.1, -0.05) is 58.5 Å². The Kier molecular flexibility index (Phi) is 6.27. The quantitative estimate of drug-likeness (QED) is 0.534. The number of hydrogen-bond acceptors (Lipinski definition) is 3. The molecule has 0 aliphatic rings. The summed E-state index contributed by atoms with van der Waals surface area (Å²) < 4.78 is 1.62. The van der Waals surface area contributed by atoms with Gasteiger partial charge in [0.15, 0.2) is 0 Å². The summed E-state index contributed by atoms with van der Waals surface area (Å²) in [6.45, 7) is 2.14. The molecule has 2 aromatic heterocycles. The van der Waals surface area contributed by atoms with Gasteiger partial charge in [0.25, 0.3) is 0 Å². The number of carbonyl (C=O) groups excluding carboxylic acids is 1. The lowest BCUT2D eigenvalue weighted by molar-refractivity contribution is -0.115. The Hall–Kier alpha value is -1.79. The summed E-state index contributed by atoms with van der Waals surface area (Å²) in [5.41, 5.74) is 1.95. The van der Waals surface area contributed by atoms with E-state index in [-0.39, 0.29) is 17.5 Å². The van der Waals surface area contributed by atoms with Crippen LogP contribution in [0.1, 0.15) is 16.8 Å². The Labute approximate surface area is 176 Å². The van der Waals surface area contributed by atoms with Crippen molar-refractivity contribution < 1.29 is 4.79 Å². The third-order valence-electron chi connectivity index (χ3n) is 3.82. The van der Waals surface area contributed by atoms with Crippen molar-refractivity contribution in [3.63, 3.8) is 0 Å². The van der Waals surface area contributed by atoms with Gasteiger partial charge in [-0.15, -0.1) is 0 Å². The maximum atomic E-state index is 12.5. The van der Waals surface area contributed by atoms with E-state index in [1.807, 2.05) is 6.07 Å². The molecule has 1 amide bonds. The highest BCUT2D eigenvalue weighted by molar-refractivity contribution is 6.42. The van der Waals surface area contributed by atoms with Crippen LogP contribution < -0.4 is 5.32 Å². The highest BCUT2D eigenvalue weighted by Gasteiger charge is 2.15. The van der Waals surface area contributed by atoms with E-state index >= 15 is 0 Å².